The van der Waals surface area contributed by atoms with Crippen LogP contribution in [-0.4, -0.2) is 43.9 Å². The lowest BCUT2D eigenvalue weighted by atomic mass is 10.1. The monoisotopic (exact) mass is 412 g/mol. The second-order valence-corrected chi connectivity index (χ2v) is 8.32. The second-order valence-electron chi connectivity index (χ2n) is 7.01. The molecule has 0 bridgehead atoms. The molecule has 3 aromatic rings. The lowest BCUT2D eigenvalue weighted by Gasteiger charge is -2.13. The van der Waals surface area contributed by atoms with Crippen molar-refractivity contribution in [2.75, 3.05) is 7.11 Å². The highest BCUT2D eigenvalue weighted by Gasteiger charge is 2.27. The highest BCUT2D eigenvalue weighted by atomic mass is 32.2. The number of carbonyl (C=O) groups excluding carboxylic acids is 2. The Morgan fingerprint density at radius 1 is 1.21 bits per heavy atom. The molecule has 0 fully saturated rings. The van der Waals surface area contributed by atoms with Crippen LogP contribution in [-0.2, 0) is 4.74 Å². The van der Waals surface area contributed by atoms with Crippen molar-refractivity contribution < 1.29 is 14.3 Å². The van der Waals surface area contributed by atoms with Crippen LogP contribution in [0.15, 0.2) is 29.7 Å². The third-order valence-electron chi connectivity index (χ3n) is 4.85. The molecule has 0 saturated heterocycles. The molecule has 2 heterocycles. The lowest BCUT2D eigenvalue weighted by molar-refractivity contribution is 0.0599. The topological polar surface area (TPSA) is 89.9 Å². The fourth-order valence-corrected chi connectivity index (χ4v) is 4.26. The number of Topliss-reactive ketones (excluding diaryl/α,β-unsaturated/α-hetero) is 1. The SMILES string of the molecule is COC(=O)c1c(C)[nH]c(C(=O)C(C)Sc2nncn2-c2ccc(C)cc2C)c1C. The van der Waals surface area contributed by atoms with E-state index in [1.54, 1.807) is 20.2 Å². The first-order valence-corrected chi connectivity index (χ1v) is 10.1. The Balaban J connectivity index is 1.87. The molecule has 1 atom stereocenters. The molecule has 8 heteroatoms. The molecule has 3 rings (SSSR count). The number of benzene rings is 1. The number of nitrogens with zero attached hydrogens (tertiary/aromatic N) is 3. The van der Waals surface area contributed by atoms with Gasteiger partial charge < -0.3 is 9.72 Å². The molecular weight excluding hydrogens is 388 g/mol. The van der Waals surface area contributed by atoms with Crippen molar-refractivity contribution in [3.63, 3.8) is 0 Å². The van der Waals surface area contributed by atoms with Gasteiger partial charge in [-0.2, -0.15) is 0 Å². The normalized spacial score (nSPS) is 12.1. The molecule has 1 N–H and O–H groups in total. The highest BCUT2D eigenvalue weighted by Crippen LogP contribution is 2.29. The maximum Gasteiger partial charge on any atom is 0.339 e. The average molecular weight is 413 g/mol. The summed E-state index contributed by atoms with van der Waals surface area (Å²) in [5.41, 5.74) is 5.30. The van der Waals surface area contributed by atoms with Crippen molar-refractivity contribution in [2.24, 2.45) is 0 Å². The summed E-state index contributed by atoms with van der Waals surface area (Å²) >= 11 is 1.33. The van der Waals surface area contributed by atoms with Gasteiger partial charge in [0.05, 0.1) is 29.3 Å². The maximum absolute atomic E-state index is 13.1. The number of rotatable bonds is 6. The predicted octanol–water partition coefficient (Wildman–Crippen LogP) is 3.98. The van der Waals surface area contributed by atoms with Gasteiger partial charge in [-0.3, -0.25) is 9.36 Å². The molecule has 0 radical (unpaired) electrons. The van der Waals surface area contributed by atoms with Crippen LogP contribution < -0.4 is 0 Å². The lowest BCUT2D eigenvalue weighted by Crippen LogP contribution is -2.16. The number of aromatic amines is 1. The van der Waals surface area contributed by atoms with Gasteiger partial charge in [0.1, 0.15) is 6.33 Å². The summed E-state index contributed by atoms with van der Waals surface area (Å²) in [5.74, 6) is -0.564. The molecular formula is C21H24N4O3S. The zero-order valence-electron chi connectivity index (χ0n) is 17.4. The number of thioether (sulfide) groups is 1. The number of carbonyl (C=O) groups is 2. The van der Waals surface area contributed by atoms with Crippen molar-refractivity contribution >= 4 is 23.5 Å². The quantitative estimate of drug-likeness (QED) is 0.374. The molecule has 29 heavy (non-hydrogen) atoms. The van der Waals surface area contributed by atoms with Gasteiger partial charge in [-0.15, -0.1) is 10.2 Å². The predicted molar refractivity (Wildman–Crippen MR) is 112 cm³/mol. The number of methoxy groups -OCH3 is 1. The van der Waals surface area contributed by atoms with E-state index in [-0.39, 0.29) is 5.78 Å². The number of nitrogens with one attached hydrogen (secondary N) is 1. The van der Waals surface area contributed by atoms with E-state index in [2.05, 4.69) is 21.2 Å². The van der Waals surface area contributed by atoms with E-state index in [9.17, 15) is 9.59 Å². The van der Waals surface area contributed by atoms with Gasteiger partial charge in [-0.25, -0.2) is 4.79 Å². The number of esters is 1. The summed E-state index contributed by atoms with van der Waals surface area (Å²) in [7, 11) is 1.33. The molecule has 0 aliphatic carbocycles. The third kappa shape index (κ3) is 3.98. The van der Waals surface area contributed by atoms with Gasteiger partial charge in [0.2, 0.25) is 0 Å². The number of hydrogen-bond acceptors (Lipinski definition) is 6. The minimum atomic E-state index is -0.454. The third-order valence-corrected chi connectivity index (χ3v) is 5.91. The molecule has 0 saturated carbocycles. The smallest absolute Gasteiger partial charge is 0.339 e. The van der Waals surface area contributed by atoms with Crippen molar-refractivity contribution in [2.45, 2.75) is 45.0 Å². The number of ketones is 1. The van der Waals surface area contributed by atoms with Crippen molar-refractivity contribution in [1.29, 1.82) is 0 Å². The Kier molecular flexibility index (Phi) is 5.93. The van der Waals surface area contributed by atoms with E-state index in [1.165, 1.54) is 24.4 Å². The van der Waals surface area contributed by atoms with Crippen LogP contribution in [0.2, 0.25) is 0 Å². The van der Waals surface area contributed by atoms with Gasteiger partial charge in [0.15, 0.2) is 10.9 Å². The summed E-state index contributed by atoms with van der Waals surface area (Å²) in [5, 5.41) is 8.43. The minimum Gasteiger partial charge on any atom is -0.465 e. The number of hydrogen-bond donors (Lipinski definition) is 1. The van der Waals surface area contributed by atoms with Gasteiger partial charge in [-0.05, 0) is 51.8 Å². The molecule has 2 aromatic heterocycles. The summed E-state index contributed by atoms with van der Waals surface area (Å²) in [6.07, 6.45) is 1.65. The molecule has 1 unspecified atom stereocenters. The molecule has 0 aliphatic heterocycles. The van der Waals surface area contributed by atoms with Crippen LogP contribution in [0.3, 0.4) is 0 Å². The Bertz CT molecular complexity index is 1080. The highest BCUT2D eigenvalue weighted by molar-refractivity contribution is 8.00. The average Bonchev–Trinajstić information content (AvgIpc) is 3.24. The largest absolute Gasteiger partial charge is 0.465 e. The van der Waals surface area contributed by atoms with E-state index in [0.29, 0.717) is 27.7 Å². The second kappa shape index (κ2) is 8.24. The van der Waals surface area contributed by atoms with Crippen LogP contribution in [0.25, 0.3) is 5.69 Å². The van der Waals surface area contributed by atoms with E-state index < -0.39 is 11.2 Å². The van der Waals surface area contributed by atoms with Crippen molar-refractivity contribution in [1.82, 2.24) is 19.7 Å². The van der Waals surface area contributed by atoms with E-state index >= 15 is 0 Å². The fraction of sp³-hybridized carbons (Fsp3) is 0.333. The Hall–Kier alpha value is -2.87. The molecule has 0 amide bonds. The van der Waals surface area contributed by atoms with Gasteiger partial charge in [0, 0.05) is 5.69 Å². The van der Waals surface area contributed by atoms with E-state index in [0.717, 1.165) is 11.3 Å². The maximum atomic E-state index is 13.1. The summed E-state index contributed by atoms with van der Waals surface area (Å²) in [6.45, 7) is 9.40. The number of H-pyrrole nitrogens is 1. The first-order valence-electron chi connectivity index (χ1n) is 9.20. The van der Waals surface area contributed by atoms with Gasteiger partial charge >= 0.3 is 5.97 Å². The van der Waals surface area contributed by atoms with Crippen molar-refractivity contribution in [3.8, 4) is 5.69 Å². The van der Waals surface area contributed by atoms with Crippen LogP contribution in [0.1, 0.15) is 50.2 Å². The fourth-order valence-electron chi connectivity index (χ4n) is 3.37. The molecule has 1 aromatic carbocycles. The van der Waals surface area contributed by atoms with Gasteiger partial charge in [0.25, 0.3) is 0 Å². The minimum absolute atomic E-state index is 0.110. The zero-order valence-corrected chi connectivity index (χ0v) is 18.2. The van der Waals surface area contributed by atoms with Crippen LogP contribution in [0.5, 0.6) is 0 Å². The standard InChI is InChI=1S/C21H24N4O3S/c1-11-7-8-16(12(2)9-11)25-10-22-24-21(25)29-15(5)19(26)18-13(3)17(14(4)23-18)20(27)28-6/h7-10,15,23H,1-6H3. The zero-order chi connectivity index (χ0) is 21.3. The van der Waals surface area contributed by atoms with Crippen LogP contribution in [0.4, 0.5) is 0 Å². The molecule has 0 spiro atoms. The van der Waals surface area contributed by atoms with E-state index in [1.807, 2.05) is 37.5 Å². The molecule has 152 valence electrons. The van der Waals surface area contributed by atoms with Crippen molar-refractivity contribution in [3.05, 3.63) is 58.2 Å². The van der Waals surface area contributed by atoms with Crippen LogP contribution >= 0.6 is 11.8 Å². The first kappa shape index (κ1) is 20.9. The number of aryl methyl sites for hydroxylation is 3. The molecule has 0 aliphatic rings. The Morgan fingerprint density at radius 2 is 1.93 bits per heavy atom. The number of ether oxygens (including phenoxy) is 1. The van der Waals surface area contributed by atoms with Gasteiger partial charge in [-0.1, -0.05) is 29.5 Å². The summed E-state index contributed by atoms with van der Waals surface area (Å²) < 4.78 is 6.71. The van der Waals surface area contributed by atoms with Crippen LogP contribution in [0, 0.1) is 27.7 Å². The Labute approximate surface area is 173 Å². The summed E-state index contributed by atoms with van der Waals surface area (Å²) in [4.78, 5) is 28.1. The molecule has 7 nitrogen and oxygen atoms in total. The summed E-state index contributed by atoms with van der Waals surface area (Å²) in [6, 6.07) is 6.15. The van der Waals surface area contributed by atoms with E-state index in [4.69, 9.17) is 4.74 Å². The first-order chi connectivity index (χ1) is 13.7. The Morgan fingerprint density at radius 3 is 2.59 bits per heavy atom. The number of aromatic nitrogens is 4.